The Labute approximate surface area is 142 Å². The molecule has 0 radical (unpaired) electrons. The summed E-state index contributed by atoms with van der Waals surface area (Å²) in [6, 6.07) is 5.83. The van der Waals surface area contributed by atoms with Gasteiger partial charge in [-0.15, -0.1) is 0 Å². The van der Waals surface area contributed by atoms with Crippen LogP contribution >= 0.6 is 0 Å². The largest absolute Gasteiger partial charge is 0.493 e. The molecule has 0 spiro atoms. The van der Waals surface area contributed by atoms with Crippen LogP contribution in [0.5, 0.6) is 5.75 Å². The highest BCUT2D eigenvalue weighted by Gasteiger charge is 2.48. The molecule has 0 aromatic heterocycles. The molecular weight excluding hydrogens is 308 g/mol. The SMILES string of the molecule is COCC1(C(N)=O)CCCN1C(=O)CCOc1cccc(C)c1C. The first kappa shape index (κ1) is 18.3. The first-order valence-electron chi connectivity index (χ1n) is 8.20. The van der Waals surface area contributed by atoms with Crippen molar-refractivity contribution in [1.29, 1.82) is 0 Å². The predicted molar refractivity (Wildman–Crippen MR) is 90.8 cm³/mol. The number of methoxy groups -OCH3 is 1. The summed E-state index contributed by atoms with van der Waals surface area (Å²) in [4.78, 5) is 26.0. The van der Waals surface area contributed by atoms with E-state index in [0.717, 1.165) is 23.3 Å². The van der Waals surface area contributed by atoms with E-state index in [1.54, 1.807) is 4.90 Å². The van der Waals surface area contributed by atoms with Crippen LogP contribution in [0.3, 0.4) is 0 Å². The first-order valence-corrected chi connectivity index (χ1v) is 8.20. The highest BCUT2D eigenvalue weighted by Crippen LogP contribution is 2.30. The molecule has 0 aliphatic carbocycles. The molecule has 1 aliphatic rings. The zero-order valence-electron chi connectivity index (χ0n) is 14.6. The second kappa shape index (κ2) is 7.66. The van der Waals surface area contributed by atoms with Crippen molar-refractivity contribution in [3.8, 4) is 5.75 Å². The number of carbonyl (C=O) groups excluding carboxylic acids is 2. The Kier molecular flexibility index (Phi) is 5.83. The number of primary amides is 1. The third kappa shape index (κ3) is 3.53. The van der Waals surface area contributed by atoms with Gasteiger partial charge in [-0.3, -0.25) is 9.59 Å². The van der Waals surface area contributed by atoms with Crippen LogP contribution in [0, 0.1) is 13.8 Å². The molecule has 1 aromatic rings. The van der Waals surface area contributed by atoms with Gasteiger partial charge in [0.2, 0.25) is 11.8 Å². The topological polar surface area (TPSA) is 81.9 Å². The van der Waals surface area contributed by atoms with Crippen LogP contribution in [0.1, 0.15) is 30.4 Å². The van der Waals surface area contributed by atoms with Gasteiger partial charge >= 0.3 is 0 Å². The van der Waals surface area contributed by atoms with Gasteiger partial charge in [0.15, 0.2) is 0 Å². The molecule has 132 valence electrons. The Morgan fingerprint density at radius 2 is 2.08 bits per heavy atom. The normalized spacial score (nSPS) is 20.2. The van der Waals surface area contributed by atoms with E-state index in [0.29, 0.717) is 13.0 Å². The van der Waals surface area contributed by atoms with Crippen LogP contribution in [0.2, 0.25) is 0 Å². The highest BCUT2D eigenvalue weighted by atomic mass is 16.5. The zero-order valence-corrected chi connectivity index (χ0v) is 14.6. The average molecular weight is 334 g/mol. The maximum absolute atomic E-state index is 12.6. The maximum atomic E-state index is 12.6. The summed E-state index contributed by atoms with van der Waals surface area (Å²) in [5.41, 5.74) is 6.75. The summed E-state index contributed by atoms with van der Waals surface area (Å²) in [5, 5.41) is 0. The molecule has 2 rings (SSSR count). The third-order valence-corrected chi connectivity index (χ3v) is 4.76. The Morgan fingerprint density at radius 1 is 1.33 bits per heavy atom. The molecule has 1 atom stereocenters. The van der Waals surface area contributed by atoms with Crippen molar-refractivity contribution in [3.05, 3.63) is 29.3 Å². The van der Waals surface area contributed by atoms with E-state index in [4.69, 9.17) is 15.2 Å². The lowest BCUT2D eigenvalue weighted by Crippen LogP contribution is -2.58. The standard InChI is InChI=1S/C18H26N2O4/c1-13-6-4-7-15(14(13)2)24-11-8-16(21)20-10-5-9-18(20,12-23-3)17(19)22/h4,6-7H,5,8-12H2,1-3H3,(H2,19,22). The van der Waals surface area contributed by atoms with E-state index in [1.807, 2.05) is 32.0 Å². The van der Waals surface area contributed by atoms with Gasteiger partial charge in [0.05, 0.1) is 19.6 Å². The zero-order chi connectivity index (χ0) is 17.7. The smallest absolute Gasteiger partial charge is 0.245 e. The fourth-order valence-corrected chi connectivity index (χ4v) is 3.22. The lowest BCUT2D eigenvalue weighted by molar-refractivity contribution is -0.147. The van der Waals surface area contributed by atoms with E-state index in [9.17, 15) is 9.59 Å². The Bertz CT molecular complexity index is 617. The van der Waals surface area contributed by atoms with Gasteiger partial charge in [0.25, 0.3) is 0 Å². The van der Waals surface area contributed by atoms with Gasteiger partial charge in [0.1, 0.15) is 11.3 Å². The predicted octanol–water partition coefficient (Wildman–Crippen LogP) is 1.57. The van der Waals surface area contributed by atoms with Gasteiger partial charge in [0, 0.05) is 13.7 Å². The van der Waals surface area contributed by atoms with Gasteiger partial charge < -0.3 is 20.1 Å². The number of hydrogen-bond donors (Lipinski definition) is 1. The van der Waals surface area contributed by atoms with Crippen LogP contribution in [-0.2, 0) is 14.3 Å². The Balaban J connectivity index is 1.99. The van der Waals surface area contributed by atoms with Crippen molar-refractivity contribution in [2.75, 3.05) is 26.9 Å². The quantitative estimate of drug-likeness (QED) is 0.820. The number of likely N-dealkylation sites (tertiary alicyclic amines) is 1. The summed E-state index contributed by atoms with van der Waals surface area (Å²) in [5.74, 6) is 0.140. The second-order valence-electron chi connectivity index (χ2n) is 6.27. The Morgan fingerprint density at radius 3 is 2.75 bits per heavy atom. The highest BCUT2D eigenvalue weighted by molar-refractivity contribution is 5.91. The van der Waals surface area contributed by atoms with Crippen LogP contribution in [0.4, 0.5) is 0 Å². The van der Waals surface area contributed by atoms with Crippen molar-refractivity contribution >= 4 is 11.8 Å². The fraction of sp³-hybridized carbons (Fsp3) is 0.556. The first-order chi connectivity index (χ1) is 11.4. The number of hydrogen-bond acceptors (Lipinski definition) is 4. The van der Waals surface area contributed by atoms with Gasteiger partial charge in [-0.2, -0.15) is 0 Å². The molecule has 0 bridgehead atoms. The number of nitrogens with two attached hydrogens (primary N) is 1. The van der Waals surface area contributed by atoms with Gasteiger partial charge in [-0.05, 0) is 43.9 Å². The van der Waals surface area contributed by atoms with Crippen LogP contribution < -0.4 is 10.5 Å². The second-order valence-corrected chi connectivity index (χ2v) is 6.27. The molecule has 6 heteroatoms. The van der Waals surface area contributed by atoms with Crippen LogP contribution in [0.25, 0.3) is 0 Å². The molecule has 1 saturated heterocycles. The molecule has 2 amide bonds. The van der Waals surface area contributed by atoms with E-state index in [-0.39, 0.29) is 25.5 Å². The molecule has 24 heavy (non-hydrogen) atoms. The van der Waals surface area contributed by atoms with Crippen molar-refractivity contribution in [2.24, 2.45) is 5.73 Å². The minimum absolute atomic E-state index is 0.131. The third-order valence-electron chi connectivity index (χ3n) is 4.76. The van der Waals surface area contributed by atoms with Crippen molar-refractivity contribution in [3.63, 3.8) is 0 Å². The van der Waals surface area contributed by atoms with Crippen molar-refractivity contribution in [2.45, 2.75) is 38.6 Å². The average Bonchev–Trinajstić information content (AvgIpc) is 2.97. The van der Waals surface area contributed by atoms with E-state index < -0.39 is 11.4 Å². The molecule has 0 saturated carbocycles. The number of aryl methyl sites for hydroxylation is 1. The summed E-state index contributed by atoms with van der Waals surface area (Å²) >= 11 is 0. The number of amides is 2. The maximum Gasteiger partial charge on any atom is 0.245 e. The lowest BCUT2D eigenvalue weighted by atomic mass is 9.96. The molecule has 6 nitrogen and oxygen atoms in total. The van der Waals surface area contributed by atoms with E-state index in [1.165, 1.54) is 7.11 Å². The van der Waals surface area contributed by atoms with E-state index in [2.05, 4.69) is 0 Å². The summed E-state index contributed by atoms with van der Waals surface area (Å²) in [6.45, 7) is 4.93. The van der Waals surface area contributed by atoms with Gasteiger partial charge in [-0.1, -0.05) is 12.1 Å². The molecule has 1 unspecified atom stereocenters. The molecular formula is C18H26N2O4. The summed E-state index contributed by atoms with van der Waals surface area (Å²) in [7, 11) is 1.51. The number of nitrogens with zero attached hydrogens (tertiary/aromatic N) is 1. The monoisotopic (exact) mass is 334 g/mol. The minimum Gasteiger partial charge on any atom is -0.493 e. The van der Waals surface area contributed by atoms with E-state index >= 15 is 0 Å². The number of benzene rings is 1. The van der Waals surface area contributed by atoms with Crippen molar-refractivity contribution in [1.82, 2.24) is 4.90 Å². The van der Waals surface area contributed by atoms with Gasteiger partial charge in [-0.25, -0.2) is 0 Å². The minimum atomic E-state index is -1.02. The molecule has 1 aliphatic heterocycles. The molecule has 1 aromatic carbocycles. The number of rotatable bonds is 7. The summed E-state index contributed by atoms with van der Waals surface area (Å²) < 4.78 is 10.9. The number of carbonyl (C=O) groups is 2. The Hall–Kier alpha value is -2.08. The summed E-state index contributed by atoms with van der Waals surface area (Å²) in [6.07, 6.45) is 1.49. The molecule has 2 N–H and O–H groups in total. The van der Waals surface area contributed by atoms with Crippen LogP contribution in [0.15, 0.2) is 18.2 Å². The van der Waals surface area contributed by atoms with Crippen molar-refractivity contribution < 1.29 is 19.1 Å². The van der Waals surface area contributed by atoms with Crippen LogP contribution in [-0.4, -0.2) is 49.1 Å². The fourth-order valence-electron chi connectivity index (χ4n) is 3.22. The number of ether oxygens (including phenoxy) is 2. The lowest BCUT2D eigenvalue weighted by Gasteiger charge is -2.35. The molecule has 1 heterocycles. The molecule has 1 fully saturated rings.